The Hall–Kier alpha value is -1.52. The predicted molar refractivity (Wildman–Crippen MR) is 71.1 cm³/mol. The summed E-state index contributed by atoms with van der Waals surface area (Å²) in [5.74, 6) is -0.856. The molecular weight excluding hydrogens is 272 g/mol. The topological polar surface area (TPSA) is 79.2 Å². The second-order valence-electron chi connectivity index (χ2n) is 3.19. The molecule has 0 unspecified atom stereocenters. The fourth-order valence-electron chi connectivity index (χ4n) is 1.29. The van der Waals surface area contributed by atoms with E-state index in [2.05, 4.69) is 5.32 Å². The predicted octanol–water partition coefficient (Wildman–Crippen LogP) is 2.48. The number of anilines is 1. The molecule has 1 aromatic heterocycles. The second kappa shape index (κ2) is 6.42. The fourth-order valence-corrected chi connectivity index (χ4v) is 3.06. The number of thioether (sulfide) groups is 1. The molecule has 0 atom stereocenters. The van der Waals surface area contributed by atoms with Crippen LogP contribution in [0.3, 0.4) is 0 Å². The molecule has 0 aliphatic heterocycles. The highest BCUT2D eigenvalue weighted by Gasteiger charge is 2.24. The number of carbonyl (C=O) groups is 2. The number of nitrogens with zero attached hydrogens (tertiary/aromatic N) is 1. The van der Waals surface area contributed by atoms with E-state index in [9.17, 15) is 9.59 Å². The van der Waals surface area contributed by atoms with Crippen molar-refractivity contribution in [2.75, 3.05) is 18.2 Å². The molecule has 1 N–H and O–H groups in total. The van der Waals surface area contributed by atoms with Gasteiger partial charge in [0.1, 0.15) is 16.5 Å². The maximum absolute atomic E-state index is 11.8. The third-order valence-electron chi connectivity index (χ3n) is 1.94. The van der Waals surface area contributed by atoms with Gasteiger partial charge >= 0.3 is 5.97 Å². The normalized spacial score (nSPS) is 9.67. The lowest BCUT2D eigenvalue weighted by atomic mass is 10.2. The van der Waals surface area contributed by atoms with Gasteiger partial charge in [0.25, 0.3) is 0 Å². The molecule has 0 fully saturated rings. The molecule has 96 valence electrons. The van der Waals surface area contributed by atoms with Gasteiger partial charge in [0, 0.05) is 6.92 Å². The van der Waals surface area contributed by atoms with Crippen molar-refractivity contribution >= 4 is 40.7 Å². The Kier molecular flexibility index (Phi) is 5.19. The first kappa shape index (κ1) is 14.5. The summed E-state index contributed by atoms with van der Waals surface area (Å²) in [5, 5.41) is 11.6. The van der Waals surface area contributed by atoms with E-state index in [1.807, 2.05) is 6.07 Å². The Labute approximate surface area is 113 Å². The Balaban J connectivity index is 3.31. The molecule has 1 aromatic rings. The van der Waals surface area contributed by atoms with Crippen molar-refractivity contribution in [3.8, 4) is 6.07 Å². The van der Waals surface area contributed by atoms with Gasteiger partial charge in [-0.25, -0.2) is 4.79 Å². The third kappa shape index (κ3) is 3.03. The molecule has 0 radical (unpaired) electrons. The molecule has 0 aliphatic rings. The van der Waals surface area contributed by atoms with Crippen LogP contribution in [0.15, 0.2) is 4.21 Å². The Bertz CT molecular complexity index is 517. The number of hydrogen-bond acceptors (Lipinski definition) is 6. The minimum atomic E-state index is -0.525. The standard InChI is InChI=1S/C11H12N2O3S2/c1-4-16-10(15)9-8(13-6(2)14)7(5-12)11(17-3)18-9/h4H2,1-3H3,(H,13,14). The summed E-state index contributed by atoms with van der Waals surface area (Å²) in [5.41, 5.74) is 0.559. The smallest absolute Gasteiger partial charge is 0.350 e. The zero-order valence-electron chi connectivity index (χ0n) is 10.2. The van der Waals surface area contributed by atoms with E-state index < -0.39 is 5.97 Å². The molecular formula is C11H12N2O3S2. The van der Waals surface area contributed by atoms with Crippen LogP contribution in [0.2, 0.25) is 0 Å². The molecule has 0 aromatic carbocycles. The zero-order chi connectivity index (χ0) is 13.7. The summed E-state index contributed by atoms with van der Waals surface area (Å²) in [6.07, 6.45) is 1.80. The van der Waals surface area contributed by atoms with Gasteiger partial charge in [-0.2, -0.15) is 5.26 Å². The van der Waals surface area contributed by atoms with Gasteiger partial charge in [0.05, 0.1) is 16.5 Å². The summed E-state index contributed by atoms with van der Waals surface area (Å²) in [6, 6.07) is 2.00. The maximum Gasteiger partial charge on any atom is 0.350 e. The SMILES string of the molecule is CCOC(=O)c1sc(SC)c(C#N)c1NC(C)=O. The minimum absolute atomic E-state index is 0.243. The van der Waals surface area contributed by atoms with Crippen LogP contribution in [-0.2, 0) is 9.53 Å². The highest BCUT2D eigenvalue weighted by Crippen LogP contribution is 2.38. The van der Waals surface area contributed by atoms with Gasteiger partial charge in [0.2, 0.25) is 5.91 Å². The number of rotatable bonds is 4. The first-order valence-electron chi connectivity index (χ1n) is 5.10. The van der Waals surface area contributed by atoms with Crippen molar-refractivity contribution < 1.29 is 14.3 Å². The number of nitriles is 1. The molecule has 18 heavy (non-hydrogen) atoms. The Morgan fingerprint density at radius 3 is 2.67 bits per heavy atom. The molecule has 5 nitrogen and oxygen atoms in total. The highest BCUT2D eigenvalue weighted by molar-refractivity contribution is 8.00. The van der Waals surface area contributed by atoms with E-state index in [1.165, 1.54) is 18.7 Å². The van der Waals surface area contributed by atoms with Crippen LogP contribution in [0, 0.1) is 11.3 Å². The minimum Gasteiger partial charge on any atom is -0.462 e. The number of hydrogen-bond donors (Lipinski definition) is 1. The quantitative estimate of drug-likeness (QED) is 0.678. The van der Waals surface area contributed by atoms with Crippen LogP contribution >= 0.6 is 23.1 Å². The summed E-state index contributed by atoms with van der Waals surface area (Å²) in [4.78, 5) is 23.2. The lowest BCUT2D eigenvalue weighted by Crippen LogP contribution is -2.11. The monoisotopic (exact) mass is 284 g/mol. The van der Waals surface area contributed by atoms with Gasteiger partial charge in [-0.15, -0.1) is 23.1 Å². The molecule has 0 spiro atoms. The highest BCUT2D eigenvalue weighted by atomic mass is 32.2. The van der Waals surface area contributed by atoms with Crippen molar-refractivity contribution in [2.45, 2.75) is 18.1 Å². The van der Waals surface area contributed by atoms with Gasteiger partial charge in [-0.05, 0) is 13.2 Å². The van der Waals surface area contributed by atoms with Gasteiger partial charge in [-0.3, -0.25) is 4.79 Å². The molecule has 0 bridgehead atoms. The summed E-state index contributed by atoms with van der Waals surface area (Å²) >= 11 is 2.51. The summed E-state index contributed by atoms with van der Waals surface area (Å²) in [7, 11) is 0. The third-order valence-corrected chi connectivity index (χ3v) is 4.22. The van der Waals surface area contributed by atoms with E-state index in [4.69, 9.17) is 10.00 Å². The molecule has 7 heteroatoms. The van der Waals surface area contributed by atoms with E-state index in [0.29, 0.717) is 9.77 Å². The maximum atomic E-state index is 11.8. The summed E-state index contributed by atoms with van der Waals surface area (Å²) < 4.78 is 5.59. The van der Waals surface area contributed by atoms with E-state index in [0.717, 1.165) is 11.3 Å². The van der Waals surface area contributed by atoms with Crippen molar-refractivity contribution in [3.05, 3.63) is 10.4 Å². The number of nitrogens with one attached hydrogen (secondary N) is 1. The molecule has 1 rings (SSSR count). The van der Waals surface area contributed by atoms with Gasteiger partial charge in [-0.1, -0.05) is 0 Å². The first-order valence-corrected chi connectivity index (χ1v) is 7.14. The van der Waals surface area contributed by atoms with Crippen molar-refractivity contribution in [1.29, 1.82) is 5.26 Å². The zero-order valence-corrected chi connectivity index (χ0v) is 11.8. The average molecular weight is 284 g/mol. The van der Waals surface area contributed by atoms with Crippen LogP contribution in [0.25, 0.3) is 0 Å². The van der Waals surface area contributed by atoms with E-state index >= 15 is 0 Å². The van der Waals surface area contributed by atoms with Crippen LogP contribution in [0.1, 0.15) is 29.1 Å². The van der Waals surface area contributed by atoms with E-state index in [1.54, 1.807) is 13.2 Å². The molecule has 0 saturated heterocycles. The molecule has 0 saturated carbocycles. The molecule has 1 heterocycles. The largest absolute Gasteiger partial charge is 0.462 e. The van der Waals surface area contributed by atoms with E-state index in [-0.39, 0.29) is 23.1 Å². The molecule has 1 amide bonds. The fraction of sp³-hybridized carbons (Fsp3) is 0.364. The molecule has 0 aliphatic carbocycles. The average Bonchev–Trinajstić information content (AvgIpc) is 2.66. The summed E-state index contributed by atoms with van der Waals surface area (Å²) in [6.45, 7) is 3.27. The second-order valence-corrected chi connectivity index (χ2v) is 5.28. The van der Waals surface area contributed by atoms with Gasteiger partial charge in [0.15, 0.2) is 0 Å². The van der Waals surface area contributed by atoms with Crippen molar-refractivity contribution in [2.24, 2.45) is 0 Å². The number of thiophene rings is 1. The van der Waals surface area contributed by atoms with Crippen molar-refractivity contribution in [1.82, 2.24) is 0 Å². The number of ether oxygens (including phenoxy) is 1. The van der Waals surface area contributed by atoms with Crippen molar-refractivity contribution in [3.63, 3.8) is 0 Å². The first-order chi connectivity index (χ1) is 8.54. The number of amides is 1. The Morgan fingerprint density at radius 2 is 2.22 bits per heavy atom. The van der Waals surface area contributed by atoms with Crippen LogP contribution < -0.4 is 5.32 Å². The van der Waals surface area contributed by atoms with Crippen LogP contribution in [0.5, 0.6) is 0 Å². The Morgan fingerprint density at radius 1 is 1.56 bits per heavy atom. The van der Waals surface area contributed by atoms with Crippen LogP contribution in [-0.4, -0.2) is 24.7 Å². The van der Waals surface area contributed by atoms with Gasteiger partial charge < -0.3 is 10.1 Å². The lowest BCUT2D eigenvalue weighted by Gasteiger charge is -2.04. The number of carbonyl (C=O) groups excluding carboxylic acids is 2. The number of esters is 1. The van der Waals surface area contributed by atoms with Crippen LogP contribution in [0.4, 0.5) is 5.69 Å². The lowest BCUT2D eigenvalue weighted by molar-refractivity contribution is -0.114.